The lowest BCUT2D eigenvalue weighted by Gasteiger charge is -2.16. The van der Waals surface area contributed by atoms with Crippen LogP contribution in [0.5, 0.6) is 5.75 Å². The van der Waals surface area contributed by atoms with Gasteiger partial charge in [-0.3, -0.25) is 4.79 Å². The fraction of sp³-hybridized carbons (Fsp3) is 0.227. The maximum atomic E-state index is 12.4. The summed E-state index contributed by atoms with van der Waals surface area (Å²) in [6, 6.07) is 20.3. The van der Waals surface area contributed by atoms with Crippen LogP contribution in [0.25, 0.3) is 10.8 Å². The minimum absolute atomic E-state index is 0.118. The Hall–Kier alpha value is -2.81. The van der Waals surface area contributed by atoms with Crippen LogP contribution in [0.3, 0.4) is 0 Å². The van der Waals surface area contributed by atoms with Crippen LogP contribution in [0.4, 0.5) is 0 Å². The molecule has 3 aromatic carbocycles. The average Bonchev–Trinajstić information content (AvgIpc) is 2.58. The van der Waals surface area contributed by atoms with Gasteiger partial charge in [-0.2, -0.15) is 0 Å². The molecule has 1 unspecified atom stereocenters. The number of fused-ring (bicyclic) bond motifs is 1. The van der Waals surface area contributed by atoms with Gasteiger partial charge in [-0.1, -0.05) is 48.5 Å². The molecule has 0 bridgehead atoms. The first-order valence-electron chi connectivity index (χ1n) is 8.52. The molecule has 0 aliphatic heterocycles. The lowest BCUT2D eigenvalue weighted by Crippen LogP contribution is -2.35. The van der Waals surface area contributed by atoms with Crippen molar-refractivity contribution in [1.29, 1.82) is 0 Å². The second-order valence-electron chi connectivity index (χ2n) is 6.44. The van der Waals surface area contributed by atoms with Crippen LogP contribution in [0.1, 0.15) is 23.6 Å². The van der Waals surface area contributed by atoms with Gasteiger partial charge in [-0.05, 0) is 60.4 Å². The molecule has 3 rings (SSSR count). The number of carbonyl (C=O) groups is 1. The zero-order valence-corrected chi connectivity index (χ0v) is 14.9. The van der Waals surface area contributed by atoms with Crippen LogP contribution in [0.2, 0.25) is 0 Å². The van der Waals surface area contributed by atoms with Gasteiger partial charge in [0.25, 0.3) is 5.91 Å². The van der Waals surface area contributed by atoms with Gasteiger partial charge in [0, 0.05) is 6.54 Å². The predicted molar refractivity (Wildman–Crippen MR) is 102 cm³/mol. The second-order valence-corrected chi connectivity index (χ2v) is 6.44. The molecule has 0 fully saturated rings. The molecule has 1 N–H and O–H groups in total. The van der Waals surface area contributed by atoms with Crippen LogP contribution < -0.4 is 10.1 Å². The summed E-state index contributed by atoms with van der Waals surface area (Å²) in [6.45, 7) is 6.30. The third-order valence-corrected chi connectivity index (χ3v) is 4.21. The normalized spacial score (nSPS) is 12.0. The number of carbonyl (C=O) groups excluding carboxylic acids is 1. The SMILES string of the molecule is Cc1cc(C)cc(OC(C)C(=O)NCc2cccc3ccccc23)c1. The quantitative estimate of drug-likeness (QED) is 0.744. The van der Waals surface area contributed by atoms with E-state index in [1.165, 1.54) is 5.39 Å². The lowest BCUT2D eigenvalue weighted by molar-refractivity contribution is -0.127. The van der Waals surface area contributed by atoms with Crippen molar-refractivity contribution in [3.8, 4) is 5.75 Å². The van der Waals surface area contributed by atoms with Gasteiger partial charge >= 0.3 is 0 Å². The summed E-state index contributed by atoms with van der Waals surface area (Å²) in [5.74, 6) is 0.609. The minimum atomic E-state index is -0.545. The highest BCUT2D eigenvalue weighted by Gasteiger charge is 2.15. The van der Waals surface area contributed by atoms with E-state index < -0.39 is 6.10 Å². The van der Waals surface area contributed by atoms with E-state index in [1.807, 2.05) is 50.2 Å². The largest absolute Gasteiger partial charge is 0.481 e. The highest BCUT2D eigenvalue weighted by molar-refractivity contribution is 5.86. The molecular weight excluding hydrogens is 310 g/mol. The first kappa shape index (κ1) is 17.0. The van der Waals surface area contributed by atoms with E-state index in [1.54, 1.807) is 6.92 Å². The van der Waals surface area contributed by atoms with Crippen molar-refractivity contribution >= 4 is 16.7 Å². The van der Waals surface area contributed by atoms with Crippen molar-refractivity contribution in [2.45, 2.75) is 33.4 Å². The molecule has 25 heavy (non-hydrogen) atoms. The van der Waals surface area contributed by atoms with Crippen molar-refractivity contribution in [3.63, 3.8) is 0 Å². The van der Waals surface area contributed by atoms with Gasteiger partial charge in [-0.15, -0.1) is 0 Å². The third-order valence-electron chi connectivity index (χ3n) is 4.21. The number of aryl methyl sites for hydroxylation is 2. The van der Waals surface area contributed by atoms with E-state index in [0.29, 0.717) is 6.54 Å². The highest BCUT2D eigenvalue weighted by atomic mass is 16.5. The second kappa shape index (κ2) is 7.39. The molecule has 0 radical (unpaired) electrons. The Balaban J connectivity index is 1.65. The van der Waals surface area contributed by atoms with E-state index in [4.69, 9.17) is 4.74 Å². The summed E-state index contributed by atoms with van der Waals surface area (Å²) in [5, 5.41) is 5.31. The topological polar surface area (TPSA) is 38.3 Å². The summed E-state index contributed by atoms with van der Waals surface area (Å²) >= 11 is 0. The van der Waals surface area contributed by atoms with E-state index in [2.05, 4.69) is 29.6 Å². The zero-order valence-electron chi connectivity index (χ0n) is 14.9. The summed E-state index contributed by atoms with van der Waals surface area (Å²) < 4.78 is 5.80. The molecule has 0 saturated heterocycles. The molecule has 1 amide bonds. The molecule has 0 aromatic heterocycles. The zero-order chi connectivity index (χ0) is 17.8. The Labute approximate surface area is 148 Å². The molecule has 0 aliphatic rings. The van der Waals surface area contributed by atoms with Gasteiger partial charge in [-0.25, -0.2) is 0 Å². The van der Waals surface area contributed by atoms with Crippen molar-refractivity contribution in [3.05, 3.63) is 77.4 Å². The first-order chi connectivity index (χ1) is 12.0. The maximum absolute atomic E-state index is 12.4. The number of benzene rings is 3. The Bertz CT molecular complexity index is 876. The smallest absolute Gasteiger partial charge is 0.261 e. The Morgan fingerprint density at radius 2 is 1.68 bits per heavy atom. The Morgan fingerprint density at radius 1 is 1.00 bits per heavy atom. The summed E-state index contributed by atoms with van der Waals surface area (Å²) in [5.41, 5.74) is 3.35. The lowest BCUT2D eigenvalue weighted by atomic mass is 10.0. The predicted octanol–water partition coefficient (Wildman–Crippen LogP) is 4.54. The maximum Gasteiger partial charge on any atom is 0.261 e. The van der Waals surface area contributed by atoms with E-state index in [9.17, 15) is 4.79 Å². The molecule has 3 heteroatoms. The minimum Gasteiger partial charge on any atom is -0.481 e. The van der Waals surface area contributed by atoms with Crippen LogP contribution in [0.15, 0.2) is 60.7 Å². The molecule has 0 heterocycles. The third kappa shape index (κ3) is 4.18. The number of rotatable bonds is 5. The fourth-order valence-corrected chi connectivity index (χ4v) is 3.03. The summed E-state index contributed by atoms with van der Waals surface area (Å²) in [4.78, 5) is 12.4. The van der Waals surface area contributed by atoms with Gasteiger partial charge in [0.15, 0.2) is 6.10 Å². The molecule has 0 aliphatic carbocycles. The van der Waals surface area contributed by atoms with Gasteiger partial charge in [0.2, 0.25) is 0 Å². The van der Waals surface area contributed by atoms with Crippen molar-refractivity contribution in [2.75, 3.05) is 0 Å². The monoisotopic (exact) mass is 333 g/mol. The fourth-order valence-electron chi connectivity index (χ4n) is 3.03. The van der Waals surface area contributed by atoms with Crippen LogP contribution in [0, 0.1) is 13.8 Å². The molecular formula is C22H23NO2. The van der Waals surface area contributed by atoms with E-state index in [0.717, 1.165) is 27.8 Å². The van der Waals surface area contributed by atoms with Crippen molar-refractivity contribution < 1.29 is 9.53 Å². The van der Waals surface area contributed by atoms with Crippen molar-refractivity contribution in [2.24, 2.45) is 0 Å². The number of hydrogen-bond acceptors (Lipinski definition) is 2. The van der Waals surface area contributed by atoms with E-state index in [-0.39, 0.29) is 5.91 Å². The average molecular weight is 333 g/mol. The van der Waals surface area contributed by atoms with Crippen LogP contribution >= 0.6 is 0 Å². The molecule has 0 spiro atoms. The van der Waals surface area contributed by atoms with Gasteiger partial charge in [0.05, 0.1) is 0 Å². The number of ether oxygens (including phenoxy) is 1. The Kier molecular flexibility index (Phi) is 5.03. The van der Waals surface area contributed by atoms with Gasteiger partial charge < -0.3 is 10.1 Å². The van der Waals surface area contributed by atoms with Gasteiger partial charge in [0.1, 0.15) is 5.75 Å². The standard InChI is InChI=1S/C22H23NO2/c1-15-11-16(2)13-20(12-15)25-17(3)22(24)23-14-19-9-6-8-18-7-4-5-10-21(18)19/h4-13,17H,14H2,1-3H3,(H,23,24). The number of amides is 1. The Morgan fingerprint density at radius 3 is 2.44 bits per heavy atom. The van der Waals surface area contributed by atoms with E-state index >= 15 is 0 Å². The summed E-state index contributed by atoms with van der Waals surface area (Å²) in [6.07, 6.45) is -0.545. The molecule has 128 valence electrons. The first-order valence-corrected chi connectivity index (χ1v) is 8.52. The van der Waals surface area contributed by atoms with Crippen LogP contribution in [-0.2, 0) is 11.3 Å². The number of nitrogens with one attached hydrogen (secondary N) is 1. The summed E-state index contributed by atoms with van der Waals surface area (Å²) in [7, 11) is 0. The van der Waals surface area contributed by atoms with Crippen molar-refractivity contribution in [1.82, 2.24) is 5.32 Å². The number of hydrogen-bond donors (Lipinski definition) is 1. The van der Waals surface area contributed by atoms with Crippen LogP contribution in [-0.4, -0.2) is 12.0 Å². The molecule has 1 atom stereocenters. The molecule has 0 saturated carbocycles. The molecule has 3 nitrogen and oxygen atoms in total. The molecule has 3 aromatic rings. The highest BCUT2D eigenvalue weighted by Crippen LogP contribution is 2.19.